The van der Waals surface area contributed by atoms with Gasteiger partial charge in [0.1, 0.15) is 5.75 Å². The van der Waals surface area contributed by atoms with Crippen LogP contribution in [0, 0.1) is 0 Å². The van der Waals surface area contributed by atoms with Gasteiger partial charge in [0.25, 0.3) is 5.56 Å². The molecule has 0 saturated carbocycles. The molecule has 0 bridgehead atoms. The average molecular weight is 337 g/mol. The Morgan fingerprint density at radius 3 is 2.50 bits per heavy atom. The van der Waals surface area contributed by atoms with Crippen LogP contribution in [0.4, 0.5) is 0 Å². The minimum Gasteiger partial charge on any atom is -0.497 e. The summed E-state index contributed by atoms with van der Waals surface area (Å²) in [7, 11) is 1.63. The van der Waals surface area contributed by atoms with Gasteiger partial charge in [0.2, 0.25) is 0 Å². The number of nitrogens with zero attached hydrogens (tertiary/aromatic N) is 2. The summed E-state index contributed by atoms with van der Waals surface area (Å²) in [5, 5.41) is 4.44. The highest BCUT2D eigenvalue weighted by Crippen LogP contribution is 2.20. The minimum atomic E-state index is -0.114. The summed E-state index contributed by atoms with van der Waals surface area (Å²) in [6.07, 6.45) is 0. The first-order valence-corrected chi connectivity index (χ1v) is 7.21. The Morgan fingerprint density at radius 1 is 1.30 bits per heavy atom. The zero-order chi connectivity index (χ0) is 14.7. The van der Waals surface area contributed by atoms with Crippen molar-refractivity contribution in [1.82, 2.24) is 9.78 Å². The van der Waals surface area contributed by atoms with Crippen LogP contribution in [0.3, 0.4) is 0 Å². The number of hydrogen-bond donors (Lipinski definition) is 0. The number of methoxy groups -OCH3 is 1. The SMILES string of the molecule is COc1ccc(Cn2nc(C(C)C)c(Br)cc2=O)cc1. The molecule has 4 nitrogen and oxygen atoms in total. The molecule has 1 aromatic carbocycles. The van der Waals surface area contributed by atoms with Crippen molar-refractivity contribution in [2.24, 2.45) is 0 Å². The first kappa shape index (κ1) is 14.8. The van der Waals surface area contributed by atoms with E-state index in [-0.39, 0.29) is 11.5 Å². The molecular formula is C15H17BrN2O2. The fraction of sp³-hybridized carbons (Fsp3) is 0.333. The standard InChI is InChI=1S/C15H17BrN2O2/c1-10(2)15-13(16)8-14(19)18(17-15)9-11-4-6-12(20-3)7-5-11/h4-8,10H,9H2,1-3H3. The molecule has 20 heavy (non-hydrogen) atoms. The van der Waals surface area contributed by atoms with Crippen molar-refractivity contribution in [3.63, 3.8) is 0 Å². The second kappa shape index (κ2) is 6.22. The Kier molecular flexibility index (Phi) is 4.60. The van der Waals surface area contributed by atoms with Crippen LogP contribution in [0.5, 0.6) is 5.75 Å². The third kappa shape index (κ3) is 3.28. The summed E-state index contributed by atoms with van der Waals surface area (Å²) >= 11 is 3.39. The first-order valence-electron chi connectivity index (χ1n) is 6.41. The molecule has 0 fully saturated rings. The molecule has 0 radical (unpaired) electrons. The summed E-state index contributed by atoms with van der Waals surface area (Å²) in [5.74, 6) is 1.06. The van der Waals surface area contributed by atoms with Gasteiger partial charge in [-0.05, 0) is 39.5 Å². The minimum absolute atomic E-state index is 0.114. The zero-order valence-electron chi connectivity index (χ0n) is 11.8. The van der Waals surface area contributed by atoms with E-state index in [0.29, 0.717) is 6.54 Å². The summed E-state index contributed by atoms with van der Waals surface area (Å²) < 4.78 is 7.37. The van der Waals surface area contributed by atoms with Crippen LogP contribution in [0.25, 0.3) is 0 Å². The van der Waals surface area contributed by atoms with Crippen molar-refractivity contribution in [3.05, 3.63) is 56.4 Å². The molecule has 1 aromatic heterocycles. The van der Waals surface area contributed by atoms with Gasteiger partial charge in [-0.3, -0.25) is 4.79 Å². The number of ether oxygens (including phenoxy) is 1. The van der Waals surface area contributed by atoms with Gasteiger partial charge in [-0.15, -0.1) is 0 Å². The molecule has 2 aromatic rings. The monoisotopic (exact) mass is 336 g/mol. The van der Waals surface area contributed by atoms with Crippen molar-refractivity contribution in [3.8, 4) is 5.75 Å². The highest BCUT2D eigenvalue weighted by molar-refractivity contribution is 9.10. The molecule has 0 spiro atoms. The number of rotatable bonds is 4. The molecule has 1 heterocycles. The molecule has 0 aliphatic carbocycles. The normalized spacial score (nSPS) is 10.8. The fourth-order valence-electron chi connectivity index (χ4n) is 1.89. The maximum atomic E-state index is 12.0. The lowest BCUT2D eigenvalue weighted by molar-refractivity contribution is 0.414. The molecule has 0 amide bonds. The lowest BCUT2D eigenvalue weighted by atomic mass is 10.1. The Labute approximate surface area is 126 Å². The van der Waals surface area contributed by atoms with E-state index < -0.39 is 0 Å². The summed E-state index contributed by atoms with van der Waals surface area (Å²) in [4.78, 5) is 12.0. The van der Waals surface area contributed by atoms with E-state index in [1.165, 1.54) is 4.68 Å². The predicted molar refractivity (Wildman–Crippen MR) is 82.4 cm³/mol. The second-order valence-corrected chi connectivity index (χ2v) is 5.73. The smallest absolute Gasteiger partial charge is 0.268 e. The van der Waals surface area contributed by atoms with E-state index >= 15 is 0 Å². The maximum absolute atomic E-state index is 12.0. The number of aromatic nitrogens is 2. The van der Waals surface area contributed by atoms with Gasteiger partial charge in [-0.2, -0.15) is 5.10 Å². The quantitative estimate of drug-likeness (QED) is 0.861. The third-order valence-corrected chi connectivity index (χ3v) is 3.65. The molecule has 0 unspecified atom stereocenters. The van der Waals surface area contributed by atoms with Gasteiger partial charge in [-0.25, -0.2) is 4.68 Å². The highest BCUT2D eigenvalue weighted by atomic mass is 79.9. The van der Waals surface area contributed by atoms with Gasteiger partial charge in [0.05, 0.1) is 19.3 Å². The molecule has 0 N–H and O–H groups in total. The van der Waals surface area contributed by atoms with Crippen molar-refractivity contribution in [2.45, 2.75) is 26.3 Å². The van der Waals surface area contributed by atoms with Crippen LogP contribution in [-0.2, 0) is 6.54 Å². The molecule has 0 saturated heterocycles. The van der Waals surface area contributed by atoms with E-state index in [0.717, 1.165) is 21.5 Å². The molecule has 0 aliphatic rings. The Hall–Kier alpha value is -1.62. The molecule has 0 aliphatic heterocycles. The van der Waals surface area contributed by atoms with Crippen LogP contribution in [0.15, 0.2) is 39.6 Å². The van der Waals surface area contributed by atoms with Gasteiger partial charge in [0.15, 0.2) is 0 Å². The third-order valence-electron chi connectivity index (χ3n) is 3.02. The van der Waals surface area contributed by atoms with Crippen LogP contribution in [0.2, 0.25) is 0 Å². The summed E-state index contributed by atoms with van der Waals surface area (Å²) in [6.45, 7) is 4.56. The van der Waals surface area contributed by atoms with Crippen molar-refractivity contribution in [2.75, 3.05) is 7.11 Å². The largest absolute Gasteiger partial charge is 0.497 e. The Bertz CT molecular complexity index is 648. The van der Waals surface area contributed by atoms with Gasteiger partial charge in [0, 0.05) is 10.5 Å². The van der Waals surface area contributed by atoms with Crippen molar-refractivity contribution in [1.29, 1.82) is 0 Å². The molecule has 106 valence electrons. The Balaban J connectivity index is 2.32. The van der Waals surface area contributed by atoms with E-state index in [1.807, 2.05) is 24.3 Å². The van der Waals surface area contributed by atoms with Crippen LogP contribution in [0.1, 0.15) is 31.0 Å². The zero-order valence-corrected chi connectivity index (χ0v) is 13.3. The molecule has 5 heteroatoms. The van der Waals surface area contributed by atoms with E-state index in [9.17, 15) is 4.79 Å². The lowest BCUT2D eigenvalue weighted by Crippen LogP contribution is -2.24. The molecule has 0 atom stereocenters. The predicted octanol–water partition coefficient (Wildman–Crippen LogP) is 3.19. The fourth-order valence-corrected chi connectivity index (χ4v) is 2.63. The van der Waals surface area contributed by atoms with Crippen molar-refractivity contribution >= 4 is 15.9 Å². The maximum Gasteiger partial charge on any atom is 0.268 e. The number of benzene rings is 1. The van der Waals surface area contributed by atoms with Crippen LogP contribution < -0.4 is 10.3 Å². The van der Waals surface area contributed by atoms with Crippen LogP contribution in [-0.4, -0.2) is 16.9 Å². The van der Waals surface area contributed by atoms with E-state index in [2.05, 4.69) is 34.9 Å². The number of halogens is 1. The van der Waals surface area contributed by atoms with Crippen LogP contribution >= 0.6 is 15.9 Å². The topological polar surface area (TPSA) is 44.1 Å². The molecule has 2 rings (SSSR count). The summed E-state index contributed by atoms with van der Waals surface area (Å²) in [5.41, 5.74) is 1.78. The Morgan fingerprint density at radius 2 is 1.95 bits per heavy atom. The van der Waals surface area contributed by atoms with Crippen molar-refractivity contribution < 1.29 is 4.74 Å². The number of hydrogen-bond acceptors (Lipinski definition) is 3. The van der Waals surface area contributed by atoms with E-state index in [1.54, 1.807) is 13.2 Å². The first-order chi connectivity index (χ1) is 9.51. The van der Waals surface area contributed by atoms with Gasteiger partial charge < -0.3 is 4.74 Å². The van der Waals surface area contributed by atoms with E-state index in [4.69, 9.17) is 4.74 Å². The average Bonchev–Trinajstić information content (AvgIpc) is 2.42. The lowest BCUT2D eigenvalue weighted by Gasteiger charge is -2.11. The summed E-state index contributed by atoms with van der Waals surface area (Å²) in [6, 6.07) is 9.20. The van der Waals surface area contributed by atoms with Gasteiger partial charge >= 0.3 is 0 Å². The highest BCUT2D eigenvalue weighted by Gasteiger charge is 2.10. The van der Waals surface area contributed by atoms with Gasteiger partial charge in [-0.1, -0.05) is 26.0 Å². The molecular weight excluding hydrogens is 320 g/mol. The second-order valence-electron chi connectivity index (χ2n) is 4.88.